The zero-order valence-electron chi connectivity index (χ0n) is 6.66. The lowest BCUT2D eigenvalue weighted by Gasteiger charge is -1.98. The number of aliphatic imine (C=N–C) groups is 1. The SMILES string of the molecule is c1ccc(PC2=NCCS2)cc1. The van der Waals surface area contributed by atoms with Crippen LogP contribution in [0, 0.1) is 0 Å². The predicted octanol–water partition coefficient (Wildman–Crippen LogP) is 2.09. The van der Waals surface area contributed by atoms with E-state index in [1.54, 1.807) is 0 Å². The third-order valence-electron chi connectivity index (χ3n) is 1.61. The molecule has 2 rings (SSSR count). The van der Waals surface area contributed by atoms with Crippen LogP contribution in [0.25, 0.3) is 0 Å². The third-order valence-corrected chi connectivity index (χ3v) is 4.13. The maximum Gasteiger partial charge on any atom is 0.0915 e. The van der Waals surface area contributed by atoms with Crippen molar-refractivity contribution >= 4 is 30.4 Å². The topological polar surface area (TPSA) is 12.4 Å². The van der Waals surface area contributed by atoms with Gasteiger partial charge in [-0.1, -0.05) is 30.3 Å². The minimum Gasteiger partial charge on any atom is -0.277 e. The van der Waals surface area contributed by atoms with Crippen molar-refractivity contribution < 1.29 is 0 Å². The molecule has 0 aliphatic carbocycles. The van der Waals surface area contributed by atoms with Crippen molar-refractivity contribution in [1.29, 1.82) is 0 Å². The predicted molar refractivity (Wildman–Crippen MR) is 59.2 cm³/mol. The van der Waals surface area contributed by atoms with Gasteiger partial charge in [-0.3, -0.25) is 4.99 Å². The second kappa shape index (κ2) is 4.06. The Hall–Kier alpha value is -0.330. The Morgan fingerprint density at radius 1 is 1.25 bits per heavy atom. The number of benzene rings is 1. The first-order chi connectivity index (χ1) is 5.95. The Kier molecular flexibility index (Phi) is 2.80. The fourth-order valence-electron chi connectivity index (χ4n) is 1.06. The van der Waals surface area contributed by atoms with Gasteiger partial charge in [0.15, 0.2) is 0 Å². The monoisotopic (exact) mass is 195 g/mol. The highest BCUT2D eigenvalue weighted by Gasteiger charge is 2.06. The highest BCUT2D eigenvalue weighted by molar-refractivity contribution is 8.24. The van der Waals surface area contributed by atoms with E-state index in [0.717, 1.165) is 15.1 Å². The molecule has 0 amide bonds. The van der Waals surface area contributed by atoms with Gasteiger partial charge in [0.25, 0.3) is 0 Å². The molecule has 1 unspecified atom stereocenters. The van der Waals surface area contributed by atoms with E-state index in [9.17, 15) is 0 Å². The van der Waals surface area contributed by atoms with Crippen molar-refractivity contribution in [2.75, 3.05) is 12.3 Å². The lowest BCUT2D eigenvalue weighted by atomic mass is 10.4. The second-order valence-electron chi connectivity index (χ2n) is 2.53. The molecule has 1 atom stereocenters. The van der Waals surface area contributed by atoms with Gasteiger partial charge in [0.2, 0.25) is 0 Å². The van der Waals surface area contributed by atoms with Crippen LogP contribution in [0.2, 0.25) is 0 Å². The van der Waals surface area contributed by atoms with Crippen molar-refractivity contribution in [1.82, 2.24) is 0 Å². The van der Waals surface area contributed by atoms with Crippen LogP contribution in [0.15, 0.2) is 35.3 Å². The fraction of sp³-hybridized carbons (Fsp3) is 0.222. The molecule has 0 radical (unpaired) electrons. The molecule has 3 heteroatoms. The van der Waals surface area contributed by atoms with E-state index in [4.69, 9.17) is 0 Å². The van der Waals surface area contributed by atoms with Crippen LogP contribution in [0.3, 0.4) is 0 Å². The molecule has 0 N–H and O–H groups in total. The molecule has 0 aromatic heterocycles. The van der Waals surface area contributed by atoms with E-state index in [1.807, 2.05) is 11.8 Å². The van der Waals surface area contributed by atoms with Crippen LogP contribution in [-0.2, 0) is 0 Å². The van der Waals surface area contributed by atoms with Gasteiger partial charge < -0.3 is 0 Å². The van der Waals surface area contributed by atoms with Crippen LogP contribution >= 0.6 is 20.3 Å². The normalized spacial score (nSPS) is 17.2. The Labute approximate surface area is 78.5 Å². The molecular formula is C9H10NPS. The van der Waals surface area contributed by atoms with Crippen LogP contribution in [0.5, 0.6) is 0 Å². The summed E-state index contributed by atoms with van der Waals surface area (Å²) in [4.78, 5) is 5.74. The van der Waals surface area contributed by atoms with Gasteiger partial charge in [0.1, 0.15) is 0 Å². The minimum absolute atomic E-state index is 0.771. The van der Waals surface area contributed by atoms with E-state index in [1.165, 1.54) is 15.8 Å². The lowest BCUT2D eigenvalue weighted by molar-refractivity contribution is 1.18. The molecular weight excluding hydrogens is 185 g/mol. The summed E-state index contributed by atoms with van der Waals surface area (Å²) in [5.74, 6) is 1.18. The quantitative estimate of drug-likeness (QED) is 0.658. The summed E-state index contributed by atoms with van der Waals surface area (Å²) >= 11 is 1.90. The molecule has 1 heterocycles. The standard InChI is InChI=1S/C9H10NPS/c1-2-4-8(5-3-1)11-9-10-6-7-12-9/h1-5,11H,6-7H2. The molecule has 62 valence electrons. The molecule has 0 saturated heterocycles. The van der Waals surface area contributed by atoms with Gasteiger partial charge in [0.05, 0.1) is 4.78 Å². The van der Waals surface area contributed by atoms with Crippen LogP contribution in [0.1, 0.15) is 0 Å². The maximum atomic E-state index is 4.42. The molecule has 1 aliphatic rings. The Morgan fingerprint density at radius 2 is 2.08 bits per heavy atom. The molecule has 0 bridgehead atoms. The number of nitrogens with zero attached hydrogens (tertiary/aromatic N) is 1. The zero-order valence-corrected chi connectivity index (χ0v) is 8.47. The average molecular weight is 195 g/mol. The molecule has 1 aromatic rings. The third kappa shape index (κ3) is 2.09. The summed E-state index contributed by atoms with van der Waals surface area (Å²) in [5.41, 5.74) is 0. The van der Waals surface area contributed by atoms with Crippen LogP contribution < -0.4 is 5.30 Å². The Morgan fingerprint density at radius 3 is 2.75 bits per heavy atom. The van der Waals surface area contributed by atoms with E-state index >= 15 is 0 Å². The summed E-state index contributed by atoms with van der Waals surface area (Å²) < 4.78 is 0. The van der Waals surface area contributed by atoms with Crippen molar-refractivity contribution in [3.63, 3.8) is 0 Å². The molecule has 0 fully saturated rings. The summed E-state index contributed by atoms with van der Waals surface area (Å²) in [7, 11) is 0.771. The fourth-order valence-corrected chi connectivity index (χ4v) is 3.36. The highest BCUT2D eigenvalue weighted by Crippen LogP contribution is 2.26. The van der Waals surface area contributed by atoms with Gasteiger partial charge in [-0.25, -0.2) is 0 Å². The summed E-state index contributed by atoms with van der Waals surface area (Å²) in [6.07, 6.45) is 0. The molecule has 12 heavy (non-hydrogen) atoms. The lowest BCUT2D eigenvalue weighted by Crippen LogP contribution is -1.94. The van der Waals surface area contributed by atoms with E-state index in [2.05, 4.69) is 35.3 Å². The van der Waals surface area contributed by atoms with Crippen LogP contribution in [-0.4, -0.2) is 17.1 Å². The van der Waals surface area contributed by atoms with Gasteiger partial charge in [0, 0.05) is 12.3 Å². The average Bonchev–Trinajstić information content (AvgIpc) is 2.59. The largest absolute Gasteiger partial charge is 0.277 e. The molecule has 1 aromatic carbocycles. The Balaban J connectivity index is 2.04. The second-order valence-corrected chi connectivity index (χ2v) is 5.27. The number of hydrogen-bond acceptors (Lipinski definition) is 2. The molecule has 0 spiro atoms. The molecule has 1 nitrogen and oxygen atoms in total. The highest BCUT2D eigenvalue weighted by atomic mass is 32.2. The zero-order chi connectivity index (χ0) is 8.23. The first kappa shape index (κ1) is 8.28. The smallest absolute Gasteiger partial charge is 0.0915 e. The van der Waals surface area contributed by atoms with E-state index < -0.39 is 0 Å². The van der Waals surface area contributed by atoms with Gasteiger partial charge in [-0.15, -0.1) is 11.8 Å². The van der Waals surface area contributed by atoms with E-state index in [0.29, 0.717) is 0 Å². The van der Waals surface area contributed by atoms with Gasteiger partial charge >= 0.3 is 0 Å². The van der Waals surface area contributed by atoms with Crippen molar-refractivity contribution in [2.24, 2.45) is 4.99 Å². The Bertz CT molecular complexity index is 284. The van der Waals surface area contributed by atoms with Crippen LogP contribution in [0.4, 0.5) is 0 Å². The maximum absolute atomic E-state index is 4.42. The first-order valence-electron chi connectivity index (χ1n) is 3.94. The summed E-state index contributed by atoms with van der Waals surface area (Å²) in [6.45, 7) is 1.01. The number of hydrogen-bond donors (Lipinski definition) is 0. The molecule has 0 saturated carbocycles. The van der Waals surface area contributed by atoms with Crippen molar-refractivity contribution in [3.8, 4) is 0 Å². The summed E-state index contributed by atoms with van der Waals surface area (Å²) in [5, 5.41) is 1.39. The minimum atomic E-state index is 0.771. The first-order valence-corrected chi connectivity index (χ1v) is 5.93. The van der Waals surface area contributed by atoms with Crippen molar-refractivity contribution in [3.05, 3.63) is 30.3 Å². The number of thioether (sulfide) groups is 1. The van der Waals surface area contributed by atoms with E-state index in [-0.39, 0.29) is 0 Å². The van der Waals surface area contributed by atoms with Crippen molar-refractivity contribution in [2.45, 2.75) is 0 Å². The molecule has 1 aliphatic heterocycles. The van der Waals surface area contributed by atoms with Gasteiger partial charge in [-0.05, 0) is 13.9 Å². The van der Waals surface area contributed by atoms with Gasteiger partial charge in [-0.2, -0.15) is 0 Å². The summed E-state index contributed by atoms with van der Waals surface area (Å²) in [6, 6.07) is 10.6. The number of rotatable bonds is 2.